The topological polar surface area (TPSA) is 44.5 Å². The maximum atomic E-state index is 6.15. The largest absolute Gasteiger partial charge is 0.493 e. The Balaban J connectivity index is 2.34. The number of nitrogens with two attached hydrogens (primary N) is 1. The van der Waals surface area contributed by atoms with Gasteiger partial charge in [-0.25, -0.2) is 0 Å². The smallest absolute Gasteiger partial charge is 0.169 e. The van der Waals surface area contributed by atoms with Gasteiger partial charge in [0.05, 0.1) is 7.11 Å². The molecule has 0 bridgehead atoms. The van der Waals surface area contributed by atoms with Crippen molar-refractivity contribution in [1.82, 2.24) is 0 Å². The second-order valence-corrected chi connectivity index (χ2v) is 4.99. The molecule has 0 spiro atoms. The fourth-order valence-electron chi connectivity index (χ4n) is 2.23. The number of methoxy groups -OCH3 is 1. The molecule has 2 N–H and O–H groups in total. The molecule has 0 saturated carbocycles. The lowest BCUT2D eigenvalue weighted by atomic mass is 10.0. The van der Waals surface area contributed by atoms with Gasteiger partial charge in [-0.2, -0.15) is 0 Å². The fraction of sp³-hybridized carbons (Fsp3) is 0.333. The number of benzene rings is 2. The van der Waals surface area contributed by atoms with Gasteiger partial charge in [0, 0.05) is 11.6 Å². The van der Waals surface area contributed by atoms with E-state index in [2.05, 4.69) is 19.9 Å². The Hall–Kier alpha value is -2.00. The van der Waals surface area contributed by atoms with Crippen molar-refractivity contribution in [2.24, 2.45) is 5.73 Å². The minimum absolute atomic E-state index is 0.0258. The maximum Gasteiger partial charge on any atom is 0.169 e. The van der Waals surface area contributed by atoms with Crippen LogP contribution in [0.1, 0.15) is 37.4 Å². The molecule has 0 saturated heterocycles. The monoisotopic (exact) mass is 285 g/mol. The molecule has 2 aromatic rings. The molecule has 0 aliphatic carbocycles. The third kappa shape index (κ3) is 3.56. The van der Waals surface area contributed by atoms with E-state index >= 15 is 0 Å². The van der Waals surface area contributed by atoms with Crippen LogP contribution >= 0.6 is 0 Å². The van der Waals surface area contributed by atoms with Gasteiger partial charge in [0.15, 0.2) is 11.5 Å². The van der Waals surface area contributed by atoms with Gasteiger partial charge in [0.1, 0.15) is 5.75 Å². The Morgan fingerprint density at radius 2 is 1.76 bits per heavy atom. The number of para-hydroxylation sites is 1. The van der Waals surface area contributed by atoms with Crippen molar-refractivity contribution in [3.63, 3.8) is 0 Å². The van der Waals surface area contributed by atoms with E-state index in [4.69, 9.17) is 15.2 Å². The molecule has 0 radical (unpaired) electrons. The average Bonchev–Trinajstić information content (AvgIpc) is 2.55. The van der Waals surface area contributed by atoms with Gasteiger partial charge < -0.3 is 15.2 Å². The summed E-state index contributed by atoms with van der Waals surface area (Å²) in [5, 5.41) is 0. The van der Waals surface area contributed by atoms with Crippen LogP contribution in [0.25, 0.3) is 0 Å². The molecule has 0 fully saturated rings. The van der Waals surface area contributed by atoms with Gasteiger partial charge in [-0.3, -0.25) is 0 Å². The van der Waals surface area contributed by atoms with E-state index in [0.717, 1.165) is 29.9 Å². The first-order valence-electron chi connectivity index (χ1n) is 7.38. The first-order valence-corrected chi connectivity index (χ1v) is 7.38. The van der Waals surface area contributed by atoms with Gasteiger partial charge >= 0.3 is 0 Å². The predicted octanol–water partition coefficient (Wildman–Crippen LogP) is 4.46. The Kier molecular flexibility index (Phi) is 5.23. The normalized spacial score (nSPS) is 12.0. The fourth-order valence-corrected chi connectivity index (χ4v) is 2.23. The number of ether oxygens (including phenoxy) is 2. The van der Waals surface area contributed by atoms with Crippen molar-refractivity contribution in [2.75, 3.05) is 7.11 Å². The van der Waals surface area contributed by atoms with Crippen LogP contribution in [0, 0.1) is 0 Å². The molecule has 3 nitrogen and oxygen atoms in total. The summed E-state index contributed by atoms with van der Waals surface area (Å²) in [5.74, 6) is 2.24. The Bertz CT molecular complexity index is 596. The molecule has 3 heteroatoms. The molecule has 21 heavy (non-hydrogen) atoms. The van der Waals surface area contributed by atoms with Crippen LogP contribution in [0.4, 0.5) is 0 Å². The molecule has 0 heterocycles. The zero-order valence-electron chi connectivity index (χ0n) is 12.9. The Labute approximate surface area is 126 Å². The first-order chi connectivity index (χ1) is 10.2. The zero-order chi connectivity index (χ0) is 15.2. The molecule has 0 aliphatic heterocycles. The lowest BCUT2D eigenvalue weighted by molar-refractivity contribution is 0.376. The summed E-state index contributed by atoms with van der Waals surface area (Å²) in [7, 11) is 1.66. The highest BCUT2D eigenvalue weighted by Crippen LogP contribution is 2.35. The minimum Gasteiger partial charge on any atom is -0.493 e. The van der Waals surface area contributed by atoms with Crippen molar-refractivity contribution in [1.29, 1.82) is 0 Å². The van der Waals surface area contributed by atoms with E-state index in [0.29, 0.717) is 5.75 Å². The number of rotatable bonds is 6. The molecule has 0 aromatic heterocycles. The van der Waals surface area contributed by atoms with Crippen molar-refractivity contribution in [3.8, 4) is 17.2 Å². The molecule has 0 unspecified atom stereocenters. The predicted molar refractivity (Wildman–Crippen MR) is 86.1 cm³/mol. The summed E-state index contributed by atoms with van der Waals surface area (Å²) in [5.41, 5.74) is 8.39. The zero-order valence-corrected chi connectivity index (χ0v) is 12.9. The lowest BCUT2D eigenvalue weighted by Crippen LogP contribution is -2.09. The van der Waals surface area contributed by atoms with Crippen molar-refractivity contribution in [2.45, 2.75) is 32.7 Å². The SMILES string of the molecule is CCc1ccc(Oc2ccccc2[C@@H](N)CC)c(OC)c1. The van der Waals surface area contributed by atoms with Gasteiger partial charge in [-0.1, -0.05) is 38.1 Å². The Morgan fingerprint density at radius 1 is 1.00 bits per heavy atom. The second kappa shape index (κ2) is 7.14. The number of aryl methyl sites for hydroxylation is 1. The van der Waals surface area contributed by atoms with E-state index in [1.807, 2.05) is 36.4 Å². The van der Waals surface area contributed by atoms with Crippen molar-refractivity contribution >= 4 is 0 Å². The van der Waals surface area contributed by atoms with Crippen LogP contribution in [-0.4, -0.2) is 7.11 Å². The molecule has 2 rings (SSSR count). The third-order valence-corrected chi connectivity index (χ3v) is 3.61. The summed E-state index contributed by atoms with van der Waals surface area (Å²) >= 11 is 0. The van der Waals surface area contributed by atoms with Crippen molar-refractivity contribution in [3.05, 3.63) is 53.6 Å². The van der Waals surface area contributed by atoms with Crippen LogP contribution in [0.2, 0.25) is 0 Å². The molecular weight excluding hydrogens is 262 g/mol. The van der Waals surface area contributed by atoms with E-state index in [1.54, 1.807) is 7.11 Å². The van der Waals surface area contributed by atoms with E-state index < -0.39 is 0 Å². The van der Waals surface area contributed by atoms with Gasteiger partial charge in [0.2, 0.25) is 0 Å². The van der Waals surface area contributed by atoms with E-state index in [9.17, 15) is 0 Å². The van der Waals surface area contributed by atoms with Crippen LogP contribution in [0.15, 0.2) is 42.5 Å². The maximum absolute atomic E-state index is 6.15. The van der Waals surface area contributed by atoms with Gasteiger partial charge in [0.25, 0.3) is 0 Å². The molecule has 0 aliphatic rings. The first kappa shape index (κ1) is 15.4. The molecule has 112 valence electrons. The van der Waals surface area contributed by atoms with Crippen molar-refractivity contribution < 1.29 is 9.47 Å². The highest BCUT2D eigenvalue weighted by molar-refractivity contribution is 5.47. The van der Waals surface area contributed by atoms with Crippen LogP contribution in [0.5, 0.6) is 17.2 Å². The summed E-state index contributed by atoms with van der Waals surface area (Å²) in [6, 6.07) is 13.9. The number of hydrogen-bond donors (Lipinski definition) is 1. The van der Waals surface area contributed by atoms with Gasteiger partial charge in [-0.15, -0.1) is 0 Å². The van der Waals surface area contributed by atoms with E-state index in [-0.39, 0.29) is 6.04 Å². The minimum atomic E-state index is -0.0258. The summed E-state index contributed by atoms with van der Waals surface area (Å²) in [6.45, 7) is 4.18. The lowest BCUT2D eigenvalue weighted by Gasteiger charge is -2.17. The van der Waals surface area contributed by atoms with Crippen LogP contribution < -0.4 is 15.2 Å². The third-order valence-electron chi connectivity index (χ3n) is 3.61. The number of hydrogen-bond acceptors (Lipinski definition) is 3. The summed E-state index contributed by atoms with van der Waals surface area (Å²) in [4.78, 5) is 0. The highest BCUT2D eigenvalue weighted by atomic mass is 16.5. The average molecular weight is 285 g/mol. The van der Waals surface area contributed by atoms with Crippen LogP contribution in [0.3, 0.4) is 0 Å². The molecule has 2 aromatic carbocycles. The molecule has 0 amide bonds. The van der Waals surface area contributed by atoms with Crippen LogP contribution in [-0.2, 0) is 6.42 Å². The quantitative estimate of drug-likeness (QED) is 0.852. The van der Waals surface area contributed by atoms with Gasteiger partial charge in [-0.05, 0) is 36.6 Å². The van der Waals surface area contributed by atoms with E-state index in [1.165, 1.54) is 5.56 Å². The second-order valence-electron chi connectivity index (χ2n) is 4.99. The molecule has 1 atom stereocenters. The Morgan fingerprint density at radius 3 is 2.43 bits per heavy atom. The molecular formula is C18H23NO2. The standard InChI is InChI=1S/C18H23NO2/c1-4-13-10-11-17(18(12-13)20-3)21-16-9-7-6-8-14(16)15(19)5-2/h6-12,15H,4-5,19H2,1-3H3/t15-/m0/s1. The summed E-state index contributed by atoms with van der Waals surface area (Å²) < 4.78 is 11.5. The highest BCUT2D eigenvalue weighted by Gasteiger charge is 2.13. The summed E-state index contributed by atoms with van der Waals surface area (Å²) in [6.07, 6.45) is 1.83.